The van der Waals surface area contributed by atoms with E-state index in [1.807, 2.05) is 18.2 Å². The first-order valence-corrected chi connectivity index (χ1v) is 11.1. The monoisotopic (exact) mass is 394 g/mol. The van der Waals surface area contributed by atoms with E-state index < -0.39 is 10.0 Å². The Morgan fingerprint density at radius 1 is 1.33 bits per heavy atom. The SMILES string of the molecule is CS(=O)(=O)N1C[C@H]2CCCC(=O)N(CC(=O)NCCc3ccccn3)[C@H]2C1. The highest BCUT2D eigenvalue weighted by molar-refractivity contribution is 7.88. The van der Waals surface area contributed by atoms with Gasteiger partial charge in [0.2, 0.25) is 21.8 Å². The molecule has 0 bridgehead atoms. The van der Waals surface area contributed by atoms with Crippen molar-refractivity contribution in [2.24, 2.45) is 5.92 Å². The topological polar surface area (TPSA) is 99.7 Å². The van der Waals surface area contributed by atoms with Gasteiger partial charge in [-0.15, -0.1) is 0 Å². The highest BCUT2D eigenvalue weighted by Crippen LogP contribution is 2.31. The fraction of sp³-hybridized carbons (Fsp3) is 0.611. The summed E-state index contributed by atoms with van der Waals surface area (Å²) in [6.07, 6.45) is 5.46. The number of pyridine rings is 1. The van der Waals surface area contributed by atoms with Crippen LogP contribution in [0.3, 0.4) is 0 Å². The number of carbonyl (C=O) groups is 2. The molecule has 3 rings (SSSR count). The smallest absolute Gasteiger partial charge is 0.239 e. The van der Waals surface area contributed by atoms with E-state index in [1.54, 1.807) is 11.1 Å². The second-order valence-corrected chi connectivity index (χ2v) is 9.22. The van der Waals surface area contributed by atoms with Crippen molar-refractivity contribution in [2.75, 3.05) is 32.4 Å². The maximum absolute atomic E-state index is 12.5. The Bertz CT molecular complexity index is 784. The lowest BCUT2D eigenvalue weighted by Crippen LogP contribution is -2.48. The number of carbonyl (C=O) groups excluding carboxylic acids is 2. The number of likely N-dealkylation sites (tertiary alicyclic amines) is 1. The predicted molar refractivity (Wildman–Crippen MR) is 100 cm³/mol. The Kier molecular flexibility index (Phi) is 6.11. The summed E-state index contributed by atoms with van der Waals surface area (Å²) in [6, 6.07) is 5.41. The summed E-state index contributed by atoms with van der Waals surface area (Å²) in [5.41, 5.74) is 0.892. The van der Waals surface area contributed by atoms with E-state index in [9.17, 15) is 18.0 Å². The molecule has 2 saturated heterocycles. The van der Waals surface area contributed by atoms with Crippen molar-refractivity contribution in [3.05, 3.63) is 30.1 Å². The summed E-state index contributed by atoms with van der Waals surface area (Å²) >= 11 is 0. The highest BCUT2D eigenvalue weighted by Gasteiger charge is 2.43. The minimum absolute atomic E-state index is 0.0280. The van der Waals surface area contributed by atoms with Crippen molar-refractivity contribution in [3.63, 3.8) is 0 Å². The van der Waals surface area contributed by atoms with Crippen molar-refractivity contribution >= 4 is 21.8 Å². The van der Waals surface area contributed by atoms with Crippen LogP contribution in [0.25, 0.3) is 0 Å². The van der Waals surface area contributed by atoms with Crippen molar-refractivity contribution in [1.29, 1.82) is 0 Å². The first kappa shape index (κ1) is 19.8. The molecule has 1 aromatic heterocycles. The van der Waals surface area contributed by atoms with Gasteiger partial charge in [0.25, 0.3) is 0 Å². The normalized spacial score (nSPS) is 23.7. The van der Waals surface area contributed by atoms with Gasteiger partial charge in [-0.05, 0) is 30.9 Å². The average Bonchev–Trinajstić information content (AvgIpc) is 2.99. The Balaban J connectivity index is 1.59. The lowest BCUT2D eigenvalue weighted by molar-refractivity contribution is -0.138. The van der Waals surface area contributed by atoms with Gasteiger partial charge >= 0.3 is 0 Å². The van der Waals surface area contributed by atoms with Crippen molar-refractivity contribution in [2.45, 2.75) is 31.7 Å². The van der Waals surface area contributed by atoms with E-state index in [1.165, 1.54) is 10.6 Å². The van der Waals surface area contributed by atoms with E-state index in [2.05, 4.69) is 10.3 Å². The van der Waals surface area contributed by atoms with Gasteiger partial charge in [0.1, 0.15) is 0 Å². The predicted octanol–water partition coefficient (Wildman–Crippen LogP) is 0.0128. The van der Waals surface area contributed by atoms with Gasteiger partial charge in [-0.25, -0.2) is 8.42 Å². The molecule has 2 aliphatic rings. The first-order valence-electron chi connectivity index (χ1n) is 9.26. The van der Waals surface area contributed by atoms with Crippen molar-refractivity contribution < 1.29 is 18.0 Å². The molecule has 3 heterocycles. The number of fused-ring (bicyclic) bond motifs is 1. The van der Waals surface area contributed by atoms with Gasteiger partial charge in [-0.3, -0.25) is 14.6 Å². The second-order valence-electron chi connectivity index (χ2n) is 7.24. The van der Waals surface area contributed by atoms with E-state index in [0.717, 1.165) is 18.5 Å². The third kappa shape index (κ3) is 5.04. The van der Waals surface area contributed by atoms with Crippen LogP contribution in [-0.2, 0) is 26.0 Å². The maximum Gasteiger partial charge on any atom is 0.239 e. The van der Waals surface area contributed by atoms with Crippen LogP contribution in [0.4, 0.5) is 0 Å². The van der Waals surface area contributed by atoms with E-state index in [4.69, 9.17) is 0 Å². The molecular weight excluding hydrogens is 368 g/mol. The molecule has 9 heteroatoms. The first-order chi connectivity index (χ1) is 12.8. The highest BCUT2D eigenvalue weighted by atomic mass is 32.2. The lowest BCUT2D eigenvalue weighted by atomic mass is 9.98. The molecule has 0 aliphatic carbocycles. The van der Waals surface area contributed by atoms with Crippen LogP contribution in [0.1, 0.15) is 25.0 Å². The summed E-state index contributed by atoms with van der Waals surface area (Å²) in [5, 5.41) is 2.84. The molecular formula is C18H26N4O4S. The average molecular weight is 394 g/mol. The molecule has 27 heavy (non-hydrogen) atoms. The van der Waals surface area contributed by atoms with Gasteiger partial charge in [0, 0.05) is 44.4 Å². The zero-order chi connectivity index (χ0) is 19.4. The quantitative estimate of drug-likeness (QED) is 0.733. The molecule has 2 amide bonds. The second kappa shape index (κ2) is 8.35. The Hall–Kier alpha value is -2.00. The summed E-state index contributed by atoms with van der Waals surface area (Å²) in [6.45, 7) is 1.12. The molecule has 0 aromatic carbocycles. The number of nitrogens with one attached hydrogen (secondary N) is 1. The number of amides is 2. The number of rotatable bonds is 6. The van der Waals surface area contributed by atoms with E-state index in [0.29, 0.717) is 25.9 Å². The summed E-state index contributed by atoms with van der Waals surface area (Å²) < 4.78 is 25.2. The molecule has 1 aromatic rings. The number of sulfonamides is 1. The third-order valence-electron chi connectivity index (χ3n) is 5.27. The van der Waals surface area contributed by atoms with Crippen molar-refractivity contribution in [1.82, 2.24) is 19.5 Å². The summed E-state index contributed by atoms with van der Waals surface area (Å²) in [7, 11) is -3.30. The minimum Gasteiger partial charge on any atom is -0.354 e. The van der Waals surface area contributed by atoms with Crippen molar-refractivity contribution in [3.8, 4) is 0 Å². The fourth-order valence-corrected chi connectivity index (χ4v) is 4.74. The Morgan fingerprint density at radius 2 is 2.15 bits per heavy atom. The number of hydrogen-bond donors (Lipinski definition) is 1. The van der Waals surface area contributed by atoms with Crippen LogP contribution in [0.5, 0.6) is 0 Å². The van der Waals surface area contributed by atoms with Gasteiger partial charge in [0.15, 0.2) is 0 Å². The van der Waals surface area contributed by atoms with E-state index >= 15 is 0 Å². The molecule has 0 radical (unpaired) electrons. The van der Waals surface area contributed by atoms with Crippen LogP contribution in [0, 0.1) is 5.92 Å². The zero-order valence-electron chi connectivity index (χ0n) is 15.5. The zero-order valence-corrected chi connectivity index (χ0v) is 16.3. The van der Waals surface area contributed by atoms with Crippen LogP contribution in [0.2, 0.25) is 0 Å². The maximum atomic E-state index is 12.5. The van der Waals surface area contributed by atoms with Gasteiger partial charge < -0.3 is 10.2 Å². The molecule has 2 atom stereocenters. The summed E-state index contributed by atoms with van der Waals surface area (Å²) in [4.78, 5) is 30.7. The number of nitrogens with zero attached hydrogens (tertiary/aromatic N) is 3. The molecule has 0 unspecified atom stereocenters. The van der Waals surface area contributed by atoms with Crippen LogP contribution >= 0.6 is 0 Å². The third-order valence-corrected chi connectivity index (χ3v) is 6.51. The minimum atomic E-state index is -3.30. The molecule has 2 aliphatic heterocycles. The van der Waals surface area contributed by atoms with Gasteiger partial charge in [-0.1, -0.05) is 6.07 Å². The molecule has 148 valence electrons. The Morgan fingerprint density at radius 3 is 2.85 bits per heavy atom. The molecule has 1 N–H and O–H groups in total. The van der Waals surface area contributed by atoms with Crippen LogP contribution in [0.15, 0.2) is 24.4 Å². The standard InChI is InChI=1S/C18H26N4O4S/c1-27(25,26)21-11-14-5-4-7-18(24)22(16(14)12-21)13-17(23)20-10-8-15-6-2-3-9-19-15/h2-3,6,9,14,16H,4-5,7-8,10-13H2,1H3,(H,20,23)/t14-,16+/m1/s1. The largest absolute Gasteiger partial charge is 0.354 e. The fourth-order valence-electron chi connectivity index (χ4n) is 3.86. The number of aromatic nitrogens is 1. The molecule has 0 spiro atoms. The number of hydrogen-bond acceptors (Lipinski definition) is 5. The Labute approximate surface area is 160 Å². The lowest BCUT2D eigenvalue weighted by Gasteiger charge is -2.29. The van der Waals surface area contributed by atoms with Gasteiger partial charge in [0.05, 0.1) is 18.8 Å². The van der Waals surface area contributed by atoms with Crippen LogP contribution in [-0.4, -0.2) is 72.9 Å². The van der Waals surface area contributed by atoms with E-state index in [-0.39, 0.29) is 36.9 Å². The van der Waals surface area contributed by atoms with Crippen LogP contribution < -0.4 is 5.32 Å². The summed E-state index contributed by atoms with van der Waals surface area (Å²) in [5.74, 6) is -0.206. The molecule has 0 saturated carbocycles. The van der Waals surface area contributed by atoms with Gasteiger partial charge in [-0.2, -0.15) is 4.31 Å². The molecule has 8 nitrogen and oxygen atoms in total. The molecule has 2 fully saturated rings.